The van der Waals surface area contributed by atoms with Crippen LogP contribution in [-0.2, 0) is 4.79 Å². The first-order chi connectivity index (χ1) is 8.11. The third-order valence-corrected chi connectivity index (χ3v) is 4.04. The second kappa shape index (κ2) is 4.96. The molecule has 1 atom stereocenters. The number of aryl methyl sites for hydroxylation is 1. The summed E-state index contributed by atoms with van der Waals surface area (Å²) < 4.78 is 0. The van der Waals surface area contributed by atoms with Gasteiger partial charge in [0.2, 0.25) is 0 Å². The van der Waals surface area contributed by atoms with Gasteiger partial charge in [-0.2, -0.15) is 0 Å². The third kappa shape index (κ3) is 2.54. The number of thiazole rings is 1. The summed E-state index contributed by atoms with van der Waals surface area (Å²) in [4.78, 5) is 30.3. The van der Waals surface area contributed by atoms with Crippen molar-refractivity contribution in [3.8, 4) is 0 Å². The maximum Gasteiger partial charge on any atom is 0.265 e. The molecule has 0 N–H and O–H groups in total. The lowest BCUT2D eigenvalue weighted by Crippen LogP contribution is -2.43. The van der Waals surface area contributed by atoms with E-state index >= 15 is 0 Å². The highest BCUT2D eigenvalue weighted by molar-refractivity contribution is 7.13. The number of amides is 1. The standard InChI is InChI=1S/C12H16N2O2S/c1-3-9-7-14(5-4-10(9)15)12(16)11-6-13-8(2)17-11/h6,9H,3-5,7H2,1-2H3. The fraction of sp³-hybridized carbons (Fsp3) is 0.583. The van der Waals surface area contributed by atoms with Gasteiger partial charge in [-0.1, -0.05) is 6.92 Å². The zero-order chi connectivity index (χ0) is 12.4. The van der Waals surface area contributed by atoms with Gasteiger partial charge in [-0.05, 0) is 13.3 Å². The van der Waals surface area contributed by atoms with E-state index in [1.807, 2.05) is 13.8 Å². The summed E-state index contributed by atoms with van der Waals surface area (Å²) in [6.07, 6.45) is 2.92. The Bertz CT molecular complexity index is 441. The lowest BCUT2D eigenvalue weighted by molar-refractivity contribution is -0.125. The predicted octanol–water partition coefficient (Wildman–Crippen LogP) is 1.89. The van der Waals surface area contributed by atoms with Crippen LogP contribution >= 0.6 is 11.3 Å². The topological polar surface area (TPSA) is 50.3 Å². The van der Waals surface area contributed by atoms with Crippen LogP contribution in [0.3, 0.4) is 0 Å². The number of hydrogen-bond acceptors (Lipinski definition) is 4. The quantitative estimate of drug-likeness (QED) is 0.807. The molecule has 1 aliphatic rings. The molecule has 0 aliphatic carbocycles. The zero-order valence-electron chi connectivity index (χ0n) is 10.1. The van der Waals surface area contributed by atoms with Gasteiger partial charge < -0.3 is 4.90 Å². The van der Waals surface area contributed by atoms with Crippen LogP contribution < -0.4 is 0 Å². The van der Waals surface area contributed by atoms with E-state index in [0.717, 1.165) is 11.4 Å². The Morgan fingerprint density at radius 3 is 3.00 bits per heavy atom. The van der Waals surface area contributed by atoms with Gasteiger partial charge in [0.05, 0.1) is 11.2 Å². The average molecular weight is 252 g/mol. The van der Waals surface area contributed by atoms with Crippen molar-refractivity contribution in [1.82, 2.24) is 9.88 Å². The molecule has 92 valence electrons. The second-order valence-electron chi connectivity index (χ2n) is 4.32. The van der Waals surface area contributed by atoms with Gasteiger partial charge in [-0.3, -0.25) is 9.59 Å². The number of piperidine rings is 1. The molecule has 1 amide bonds. The van der Waals surface area contributed by atoms with E-state index in [9.17, 15) is 9.59 Å². The molecule has 1 aliphatic heterocycles. The normalized spacial score (nSPS) is 20.7. The van der Waals surface area contributed by atoms with Crippen molar-refractivity contribution in [2.75, 3.05) is 13.1 Å². The molecule has 4 nitrogen and oxygen atoms in total. The summed E-state index contributed by atoms with van der Waals surface area (Å²) in [5.41, 5.74) is 0. The first kappa shape index (κ1) is 12.2. The van der Waals surface area contributed by atoms with E-state index in [0.29, 0.717) is 24.4 Å². The lowest BCUT2D eigenvalue weighted by Gasteiger charge is -2.30. The van der Waals surface area contributed by atoms with Gasteiger partial charge in [0.25, 0.3) is 5.91 Å². The smallest absolute Gasteiger partial charge is 0.265 e. The Morgan fingerprint density at radius 1 is 1.65 bits per heavy atom. The number of hydrogen-bond donors (Lipinski definition) is 0. The Morgan fingerprint density at radius 2 is 2.41 bits per heavy atom. The van der Waals surface area contributed by atoms with Gasteiger partial charge in [-0.25, -0.2) is 4.98 Å². The molecule has 1 aromatic rings. The lowest BCUT2D eigenvalue weighted by atomic mass is 9.94. The summed E-state index contributed by atoms with van der Waals surface area (Å²) in [5.74, 6) is 0.320. The predicted molar refractivity (Wildman–Crippen MR) is 66.2 cm³/mol. The minimum Gasteiger partial charge on any atom is -0.337 e. The maximum absolute atomic E-state index is 12.2. The molecule has 0 spiro atoms. The van der Waals surface area contributed by atoms with Crippen LogP contribution in [0.5, 0.6) is 0 Å². The van der Waals surface area contributed by atoms with Crippen LogP contribution in [0.25, 0.3) is 0 Å². The van der Waals surface area contributed by atoms with Gasteiger partial charge in [0.15, 0.2) is 0 Å². The molecule has 1 unspecified atom stereocenters. The molecular weight excluding hydrogens is 236 g/mol. The van der Waals surface area contributed by atoms with Crippen molar-refractivity contribution in [1.29, 1.82) is 0 Å². The van der Waals surface area contributed by atoms with E-state index < -0.39 is 0 Å². The summed E-state index contributed by atoms with van der Waals surface area (Å²) >= 11 is 1.41. The number of likely N-dealkylation sites (tertiary alicyclic amines) is 1. The van der Waals surface area contributed by atoms with Crippen LogP contribution in [0.15, 0.2) is 6.20 Å². The van der Waals surface area contributed by atoms with Crippen LogP contribution in [0.4, 0.5) is 0 Å². The van der Waals surface area contributed by atoms with Crippen molar-refractivity contribution in [3.05, 3.63) is 16.1 Å². The molecule has 0 bridgehead atoms. The SMILES string of the molecule is CCC1CN(C(=O)c2cnc(C)s2)CCC1=O. The molecular formula is C12H16N2O2S. The van der Waals surface area contributed by atoms with Crippen LogP contribution in [0.1, 0.15) is 34.4 Å². The summed E-state index contributed by atoms with van der Waals surface area (Å²) in [7, 11) is 0. The largest absolute Gasteiger partial charge is 0.337 e. The molecule has 2 heterocycles. The molecule has 0 radical (unpaired) electrons. The Balaban J connectivity index is 2.08. The Labute approximate surface area is 105 Å². The molecule has 1 fully saturated rings. The number of carbonyl (C=O) groups is 2. The maximum atomic E-state index is 12.2. The van der Waals surface area contributed by atoms with Gasteiger partial charge in [0, 0.05) is 25.4 Å². The molecule has 2 rings (SSSR count). The molecule has 0 aromatic carbocycles. The average Bonchev–Trinajstić information content (AvgIpc) is 2.75. The van der Waals surface area contributed by atoms with Gasteiger partial charge in [0.1, 0.15) is 10.7 Å². The van der Waals surface area contributed by atoms with E-state index in [1.54, 1.807) is 11.1 Å². The van der Waals surface area contributed by atoms with Crippen molar-refractivity contribution in [2.24, 2.45) is 5.92 Å². The monoisotopic (exact) mass is 252 g/mol. The van der Waals surface area contributed by atoms with Crippen LogP contribution in [-0.4, -0.2) is 34.7 Å². The first-order valence-electron chi connectivity index (χ1n) is 5.86. The third-order valence-electron chi connectivity index (χ3n) is 3.14. The van der Waals surface area contributed by atoms with E-state index in [-0.39, 0.29) is 17.6 Å². The number of carbonyl (C=O) groups excluding carboxylic acids is 2. The number of aromatic nitrogens is 1. The molecule has 1 saturated heterocycles. The second-order valence-corrected chi connectivity index (χ2v) is 5.55. The first-order valence-corrected chi connectivity index (χ1v) is 6.68. The van der Waals surface area contributed by atoms with Gasteiger partial charge in [-0.15, -0.1) is 11.3 Å². The van der Waals surface area contributed by atoms with E-state index in [1.165, 1.54) is 11.3 Å². The highest BCUT2D eigenvalue weighted by Gasteiger charge is 2.29. The molecule has 5 heteroatoms. The van der Waals surface area contributed by atoms with Crippen molar-refractivity contribution >= 4 is 23.0 Å². The Hall–Kier alpha value is -1.23. The highest BCUT2D eigenvalue weighted by atomic mass is 32.1. The fourth-order valence-corrected chi connectivity index (χ4v) is 2.81. The van der Waals surface area contributed by atoms with E-state index in [2.05, 4.69) is 4.98 Å². The molecule has 0 saturated carbocycles. The van der Waals surface area contributed by atoms with Crippen molar-refractivity contribution in [3.63, 3.8) is 0 Å². The minimum atomic E-state index is 0.0153. The van der Waals surface area contributed by atoms with Crippen molar-refractivity contribution in [2.45, 2.75) is 26.7 Å². The molecule has 1 aromatic heterocycles. The summed E-state index contributed by atoms with van der Waals surface area (Å²) in [6.45, 7) is 4.99. The number of nitrogens with zero attached hydrogens (tertiary/aromatic N) is 2. The van der Waals surface area contributed by atoms with E-state index in [4.69, 9.17) is 0 Å². The van der Waals surface area contributed by atoms with Crippen molar-refractivity contribution < 1.29 is 9.59 Å². The Kier molecular flexibility index (Phi) is 3.57. The highest BCUT2D eigenvalue weighted by Crippen LogP contribution is 2.20. The number of Topliss-reactive ketones (excluding diaryl/α,β-unsaturated/α-hetero) is 1. The zero-order valence-corrected chi connectivity index (χ0v) is 10.9. The summed E-state index contributed by atoms with van der Waals surface area (Å²) in [6, 6.07) is 0. The van der Waals surface area contributed by atoms with Gasteiger partial charge >= 0.3 is 0 Å². The summed E-state index contributed by atoms with van der Waals surface area (Å²) in [5, 5.41) is 0.897. The van der Waals surface area contributed by atoms with Crippen LogP contribution in [0, 0.1) is 12.8 Å². The fourth-order valence-electron chi connectivity index (χ4n) is 2.07. The number of rotatable bonds is 2. The number of ketones is 1. The minimum absolute atomic E-state index is 0.0153. The molecule has 17 heavy (non-hydrogen) atoms. The van der Waals surface area contributed by atoms with Crippen LogP contribution in [0.2, 0.25) is 0 Å².